The number of aliphatic hydroxyl groups is 1. The van der Waals surface area contributed by atoms with Gasteiger partial charge < -0.3 is 5.11 Å². The minimum Gasteiger partial charge on any atom is -0.394 e. The molecule has 21 heavy (non-hydrogen) atoms. The number of nitrogens with one attached hydrogen (secondary N) is 1. The maximum atomic E-state index is 13.1. The molecule has 0 aromatic heterocycles. The van der Waals surface area contributed by atoms with Crippen LogP contribution >= 0.6 is 0 Å². The van der Waals surface area contributed by atoms with E-state index >= 15 is 0 Å². The number of hydrogen-bond donors (Lipinski definition) is 2. The van der Waals surface area contributed by atoms with E-state index in [0.717, 1.165) is 25.0 Å². The van der Waals surface area contributed by atoms with Crippen molar-refractivity contribution >= 4 is 15.7 Å². The maximum Gasteiger partial charge on any atom is 0.292 e. The Morgan fingerprint density at radius 3 is 2.52 bits per heavy atom. The lowest BCUT2D eigenvalue weighted by Gasteiger charge is -2.27. The van der Waals surface area contributed by atoms with Gasteiger partial charge >= 0.3 is 0 Å². The fourth-order valence-electron chi connectivity index (χ4n) is 2.54. The Balaban J connectivity index is 2.42. The zero-order valence-electron chi connectivity index (χ0n) is 11.1. The van der Waals surface area contributed by atoms with E-state index in [2.05, 4.69) is 4.72 Å². The second kappa shape index (κ2) is 5.66. The SMILES string of the molecule is O=[N+]([O-])c1cc(F)ccc1S(=O)(=O)NC1(CO)CCCC1. The van der Waals surface area contributed by atoms with Crippen LogP contribution in [0, 0.1) is 15.9 Å². The third kappa shape index (κ3) is 3.20. The molecule has 1 aromatic rings. The summed E-state index contributed by atoms with van der Waals surface area (Å²) in [6.45, 7) is -0.388. The summed E-state index contributed by atoms with van der Waals surface area (Å²) in [6, 6.07) is 2.27. The van der Waals surface area contributed by atoms with E-state index in [1.165, 1.54) is 0 Å². The van der Waals surface area contributed by atoms with E-state index in [1.807, 2.05) is 0 Å². The van der Waals surface area contributed by atoms with Crippen molar-refractivity contribution in [1.29, 1.82) is 0 Å². The fraction of sp³-hybridized carbons (Fsp3) is 0.500. The predicted molar refractivity (Wildman–Crippen MR) is 71.7 cm³/mol. The molecule has 1 aliphatic carbocycles. The zero-order chi connectivity index (χ0) is 15.7. The van der Waals surface area contributed by atoms with Crippen LogP contribution in [0.3, 0.4) is 0 Å². The summed E-state index contributed by atoms with van der Waals surface area (Å²) in [6.07, 6.45) is 2.43. The summed E-state index contributed by atoms with van der Waals surface area (Å²) in [7, 11) is -4.22. The van der Waals surface area contributed by atoms with Gasteiger partial charge in [-0.15, -0.1) is 0 Å². The van der Waals surface area contributed by atoms with Crippen LogP contribution in [0.2, 0.25) is 0 Å². The molecule has 0 unspecified atom stereocenters. The molecular weight excluding hydrogens is 303 g/mol. The third-order valence-electron chi connectivity index (χ3n) is 3.62. The van der Waals surface area contributed by atoms with Crippen LogP contribution in [0.15, 0.2) is 23.1 Å². The van der Waals surface area contributed by atoms with Crippen molar-refractivity contribution in [3.05, 3.63) is 34.1 Å². The highest BCUT2D eigenvalue weighted by Crippen LogP contribution is 2.32. The second-order valence-corrected chi connectivity index (χ2v) is 6.77. The van der Waals surface area contributed by atoms with Crippen molar-refractivity contribution < 1.29 is 22.8 Å². The molecule has 0 bridgehead atoms. The molecule has 0 atom stereocenters. The lowest BCUT2D eigenvalue weighted by molar-refractivity contribution is -0.388. The van der Waals surface area contributed by atoms with Crippen molar-refractivity contribution in [3.8, 4) is 0 Å². The third-order valence-corrected chi connectivity index (χ3v) is 5.25. The van der Waals surface area contributed by atoms with Crippen molar-refractivity contribution in [1.82, 2.24) is 4.72 Å². The van der Waals surface area contributed by atoms with Crippen LogP contribution in [0.5, 0.6) is 0 Å². The van der Waals surface area contributed by atoms with Gasteiger partial charge in [-0.25, -0.2) is 17.5 Å². The maximum absolute atomic E-state index is 13.1. The number of nitro groups is 1. The van der Waals surface area contributed by atoms with Crippen LogP contribution in [0.4, 0.5) is 10.1 Å². The molecule has 1 aromatic carbocycles. The summed E-state index contributed by atoms with van der Waals surface area (Å²) >= 11 is 0. The van der Waals surface area contributed by atoms with Gasteiger partial charge in [0.15, 0.2) is 4.90 Å². The Hall–Kier alpha value is -1.58. The molecule has 0 aliphatic heterocycles. The number of nitro benzene ring substituents is 1. The van der Waals surface area contributed by atoms with E-state index in [1.54, 1.807) is 0 Å². The van der Waals surface area contributed by atoms with Gasteiger partial charge in [-0.2, -0.15) is 0 Å². The number of rotatable bonds is 5. The molecule has 0 saturated heterocycles. The first kappa shape index (κ1) is 15.8. The summed E-state index contributed by atoms with van der Waals surface area (Å²) in [5.41, 5.74) is -1.82. The predicted octanol–water partition coefficient (Wildman–Crippen LogP) is 1.32. The molecule has 2 N–H and O–H groups in total. The highest BCUT2D eigenvalue weighted by atomic mass is 32.2. The van der Waals surface area contributed by atoms with Crippen LogP contribution in [-0.4, -0.2) is 30.6 Å². The first-order chi connectivity index (χ1) is 9.80. The monoisotopic (exact) mass is 318 g/mol. The van der Waals surface area contributed by atoms with E-state index in [-0.39, 0.29) is 6.61 Å². The summed E-state index contributed by atoms with van der Waals surface area (Å²) in [5, 5.41) is 20.3. The van der Waals surface area contributed by atoms with Crippen LogP contribution in [0.1, 0.15) is 25.7 Å². The van der Waals surface area contributed by atoms with Crippen molar-refractivity contribution in [3.63, 3.8) is 0 Å². The van der Waals surface area contributed by atoms with Gasteiger partial charge in [0.05, 0.1) is 23.1 Å². The molecule has 0 amide bonds. The highest BCUT2D eigenvalue weighted by Gasteiger charge is 2.39. The van der Waals surface area contributed by atoms with Crippen molar-refractivity contribution in [2.75, 3.05) is 6.61 Å². The minimum absolute atomic E-state index is 0.388. The van der Waals surface area contributed by atoms with Gasteiger partial charge in [0, 0.05) is 0 Å². The molecule has 116 valence electrons. The molecule has 0 radical (unpaired) electrons. The molecule has 0 heterocycles. The standard InChI is InChI=1S/C12H15FN2O5S/c13-9-3-4-11(10(7-9)15(17)18)21(19,20)14-12(8-16)5-1-2-6-12/h3-4,7,14,16H,1-2,5-6,8H2. The fourth-order valence-corrected chi connectivity index (χ4v) is 4.15. The Labute approximate surface area is 121 Å². The van der Waals surface area contributed by atoms with Gasteiger partial charge in [-0.3, -0.25) is 10.1 Å². The molecule has 0 spiro atoms. The Morgan fingerprint density at radius 2 is 2.00 bits per heavy atom. The van der Waals surface area contributed by atoms with Gasteiger partial charge in [-0.1, -0.05) is 12.8 Å². The van der Waals surface area contributed by atoms with Gasteiger partial charge in [-0.05, 0) is 25.0 Å². The molecule has 1 aliphatic rings. The van der Waals surface area contributed by atoms with Gasteiger partial charge in [0.25, 0.3) is 5.69 Å². The number of hydrogen-bond acceptors (Lipinski definition) is 5. The number of sulfonamides is 1. The Morgan fingerprint density at radius 1 is 1.38 bits per heavy atom. The Bertz CT molecular complexity index is 656. The highest BCUT2D eigenvalue weighted by molar-refractivity contribution is 7.89. The largest absolute Gasteiger partial charge is 0.394 e. The second-order valence-electron chi connectivity index (χ2n) is 5.12. The quantitative estimate of drug-likeness (QED) is 0.628. The summed E-state index contributed by atoms with van der Waals surface area (Å²) in [4.78, 5) is 9.35. The van der Waals surface area contributed by atoms with E-state index in [9.17, 15) is 28.0 Å². The number of aliphatic hydroxyl groups excluding tert-OH is 1. The summed E-state index contributed by atoms with van der Waals surface area (Å²) in [5.74, 6) is -0.890. The Kier molecular flexibility index (Phi) is 4.26. The molecule has 1 saturated carbocycles. The number of halogens is 1. The van der Waals surface area contributed by atoms with Crippen molar-refractivity contribution in [2.45, 2.75) is 36.1 Å². The van der Waals surface area contributed by atoms with E-state index in [0.29, 0.717) is 18.9 Å². The average Bonchev–Trinajstić information content (AvgIpc) is 2.86. The molecule has 1 fully saturated rings. The molecule has 9 heteroatoms. The number of nitrogens with zero attached hydrogens (tertiary/aromatic N) is 1. The molecular formula is C12H15FN2O5S. The van der Waals surface area contributed by atoms with Crippen LogP contribution < -0.4 is 4.72 Å². The van der Waals surface area contributed by atoms with E-state index < -0.39 is 36.9 Å². The van der Waals surface area contributed by atoms with Crippen LogP contribution in [0.25, 0.3) is 0 Å². The molecule has 7 nitrogen and oxygen atoms in total. The molecule has 2 rings (SSSR count). The topological polar surface area (TPSA) is 110 Å². The lowest BCUT2D eigenvalue weighted by atomic mass is 10.0. The first-order valence-corrected chi connectivity index (χ1v) is 7.87. The lowest BCUT2D eigenvalue weighted by Crippen LogP contribution is -2.49. The van der Waals surface area contributed by atoms with Crippen LogP contribution in [-0.2, 0) is 10.0 Å². The normalized spacial score (nSPS) is 17.8. The van der Waals surface area contributed by atoms with Crippen molar-refractivity contribution in [2.24, 2.45) is 0 Å². The number of benzene rings is 1. The van der Waals surface area contributed by atoms with Gasteiger partial charge in [0.1, 0.15) is 5.82 Å². The first-order valence-electron chi connectivity index (χ1n) is 6.38. The summed E-state index contributed by atoms with van der Waals surface area (Å²) < 4.78 is 40.1. The smallest absolute Gasteiger partial charge is 0.292 e. The van der Waals surface area contributed by atoms with E-state index in [4.69, 9.17) is 0 Å². The van der Waals surface area contributed by atoms with Gasteiger partial charge in [0.2, 0.25) is 10.0 Å². The average molecular weight is 318 g/mol. The zero-order valence-corrected chi connectivity index (χ0v) is 11.9. The minimum atomic E-state index is -4.22.